The fourth-order valence-electron chi connectivity index (χ4n) is 1.82. The molecule has 0 saturated heterocycles. The van der Waals surface area contributed by atoms with Gasteiger partial charge in [0, 0.05) is 29.8 Å². The number of carbonyl (C=O) groups is 1. The summed E-state index contributed by atoms with van der Waals surface area (Å²) in [7, 11) is 0. The van der Waals surface area contributed by atoms with Crippen molar-refractivity contribution in [3.63, 3.8) is 0 Å². The van der Waals surface area contributed by atoms with Gasteiger partial charge in [-0.3, -0.25) is 15.1 Å². The van der Waals surface area contributed by atoms with E-state index in [1.54, 1.807) is 12.3 Å². The molecule has 0 aliphatic heterocycles. The van der Waals surface area contributed by atoms with Crippen molar-refractivity contribution in [3.8, 4) is 0 Å². The first-order chi connectivity index (χ1) is 9.58. The Morgan fingerprint density at radius 1 is 1.20 bits per heavy atom. The Hall–Kier alpha value is -2.50. The molecule has 2 aromatic rings. The molecule has 0 aromatic carbocycles. The second-order valence-electron chi connectivity index (χ2n) is 4.39. The van der Waals surface area contributed by atoms with E-state index in [0.717, 1.165) is 23.6 Å². The predicted molar refractivity (Wildman–Crippen MR) is 77.9 cm³/mol. The van der Waals surface area contributed by atoms with Gasteiger partial charge in [-0.15, -0.1) is 0 Å². The average molecular weight is 271 g/mol. The van der Waals surface area contributed by atoms with Crippen LogP contribution < -0.4 is 10.6 Å². The third kappa shape index (κ3) is 3.50. The van der Waals surface area contributed by atoms with Crippen LogP contribution in [0.4, 0.5) is 11.6 Å². The van der Waals surface area contributed by atoms with Crippen LogP contribution in [-0.2, 0) is 0 Å². The summed E-state index contributed by atoms with van der Waals surface area (Å²) < 4.78 is 0. The molecule has 2 N–H and O–H groups in total. The molecular formula is C14H17N5O. The highest BCUT2D eigenvalue weighted by Crippen LogP contribution is 2.10. The highest BCUT2D eigenvalue weighted by Gasteiger charge is 2.10. The van der Waals surface area contributed by atoms with E-state index >= 15 is 0 Å². The highest BCUT2D eigenvalue weighted by atomic mass is 16.2. The quantitative estimate of drug-likeness (QED) is 0.890. The van der Waals surface area contributed by atoms with Gasteiger partial charge in [0.15, 0.2) is 0 Å². The van der Waals surface area contributed by atoms with E-state index in [0.29, 0.717) is 11.6 Å². The number of hydrogen-bond acceptors (Lipinski definition) is 5. The second kappa shape index (κ2) is 6.10. The van der Waals surface area contributed by atoms with Crippen LogP contribution in [0.3, 0.4) is 0 Å². The molecule has 0 atom stereocenters. The lowest BCUT2D eigenvalue weighted by Crippen LogP contribution is -2.16. The summed E-state index contributed by atoms with van der Waals surface area (Å²) in [5, 5.41) is 5.79. The minimum atomic E-state index is -0.324. The van der Waals surface area contributed by atoms with Crippen LogP contribution in [-0.4, -0.2) is 27.4 Å². The molecule has 20 heavy (non-hydrogen) atoms. The average Bonchev–Trinajstić information content (AvgIpc) is 2.38. The molecule has 0 bridgehead atoms. The van der Waals surface area contributed by atoms with Crippen LogP contribution >= 0.6 is 0 Å². The molecular weight excluding hydrogens is 254 g/mol. The molecule has 6 nitrogen and oxygen atoms in total. The van der Waals surface area contributed by atoms with Gasteiger partial charge in [0.05, 0.1) is 0 Å². The van der Waals surface area contributed by atoms with Gasteiger partial charge in [0.25, 0.3) is 5.91 Å². The Labute approximate surface area is 117 Å². The molecule has 104 valence electrons. The van der Waals surface area contributed by atoms with Crippen LogP contribution in [0.15, 0.2) is 24.4 Å². The molecule has 0 unspecified atom stereocenters. The number of pyridine rings is 1. The molecule has 1 amide bonds. The maximum absolute atomic E-state index is 12.1. The number of hydrogen-bond donors (Lipinski definition) is 2. The molecule has 2 aromatic heterocycles. The van der Waals surface area contributed by atoms with Crippen molar-refractivity contribution in [2.45, 2.75) is 20.8 Å². The van der Waals surface area contributed by atoms with Crippen molar-refractivity contribution in [2.75, 3.05) is 17.2 Å². The Morgan fingerprint density at radius 3 is 2.55 bits per heavy atom. The normalized spacial score (nSPS) is 10.2. The number of aryl methyl sites for hydroxylation is 2. The number of rotatable bonds is 4. The van der Waals surface area contributed by atoms with Gasteiger partial charge in [-0.05, 0) is 39.0 Å². The van der Waals surface area contributed by atoms with Crippen molar-refractivity contribution in [1.29, 1.82) is 0 Å². The zero-order valence-corrected chi connectivity index (χ0v) is 11.8. The summed E-state index contributed by atoms with van der Waals surface area (Å²) in [5.74, 6) is -0.0297. The lowest BCUT2D eigenvalue weighted by atomic mass is 10.3. The number of carbonyl (C=O) groups excluding carboxylic acids is 1. The fraction of sp³-hybridized carbons (Fsp3) is 0.286. The Balaban J connectivity index is 2.17. The lowest BCUT2D eigenvalue weighted by molar-refractivity contribution is 0.102. The smallest absolute Gasteiger partial charge is 0.276 e. The molecule has 0 spiro atoms. The molecule has 0 radical (unpaired) electrons. The summed E-state index contributed by atoms with van der Waals surface area (Å²) in [5.41, 5.74) is 2.80. The van der Waals surface area contributed by atoms with Crippen molar-refractivity contribution >= 4 is 17.5 Å². The zero-order chi connectivity index (χ0) is 14.5. The fourth-order valence-corrected chi connectivity index (χ4v) is 1.82. The molecule has 0 aliphatic rings. The Kier molecular flexibility index (Phi) is 4.24. The Bertz CT molecular complexity index is 606. The number of nitrogens with one attached hydrogen (secondary N) is 2. The highest BCUT2D eigenvalue weighted by molar-refractivity contribution is 6.02. The van der Waals surface area contributed by atoms with Crippen LogP contribution in [0.1, 0.15) is 28.8 Å². The molecule has 6 heteroatoms. The van der Waals surface area contributed by atoms with Crippen LogP contribution in [0.2, 0.25) is 0 Å². The summed E-state index contributed by atoms with van der Waals surface area (Å²) in [6.45, 7) is 6.48. The van der Waals surface area contributed by atoms with E-state index < -0.39 is 0 Å². The van der Waals surface area contributed by atoms with E-state index in [4.69, 9.17) is 0 Å². The van der Waals surface area contributed by atoms with E-state index in [1.807, 2.05) is 32.9 Å². The number of anilines is 2. The molecule has 0 aliphatic carbocycles. The molecule has 0 fully saturated rings. The first-order valence-electron chi connectivity index (χ1n) is 6.42. The summed E-state index contributed by atoms with van der Waals surface area (Å²) in [4.78, 5) is 24.5. The van der Waals surface area contributed by atoms with E-state index in [9.17, 15) is 4.79 Å². The van der Waals surface area contributed by atoms with E-state index in [-0.39, 0.29) is 5.91 Å². The molecule has 0 saturated carbocycles. The number of nitrogens with zero attached hydrogens (tertiary/aromatic N) is 3. The van der Waals surface area contributed by atoms with Gasteiger partial charge in [-0.1, -0.05) is 0 Å². The van der Waals surface area contributed by atoms with Gasteiger partial charge >= 0.3 is 0 Å². The predicted octanol–water partition coefficient (Wildman–Crippen LogP) is 2.17. The number of aromatic nitrogens is 3. The van der Waals surface area contributed by atoms with Crippen molar-refractivity contribution in [3.05, 3.63) is 41.5 Å². The minimum absolute atomic E-state index is 0.295. The number of amides is 1. The third-order valence-electron chi connectivity index (χ3n) is 2.58. The maximum Gasteiger partial charge on any atom is 0.276 e. The maximum atomic E-state index is 12.1. The van der Waals surface area contributed by atoms with Crippen molar-refractivity contribution in [1.82, 2.24) is 15.0 Å². The van der Waals surface area contributed by atoms with Gasteiger partial charge in [0.1, 0.15) is 5.69 Å². The molecule has 2 heterocycles. The van der Waals surface area contributed by atoms with Crippen LogP contribution in [0.5, 0.6) is 0 Å². The largest absolute Gasteiger partial charge is 0.385 e. The minimum Gasteiger partial charge on any atom is -0.385 e. The van der Waals surface area contributed by atoms with E-state index in [1.165, 1.54) is 0 Å². The van der Waals surface area contributed by atoms with Crippen molar-refractivity contribution < 1.29 is 4.79 Å². The monoisotopic (exact) mass is 271 g/mol. The van der Waals surface area contributed by atoms with E-state index in [2.05, 4.69) is 25.6 Å². The van der Waals surface area contributed by atoms with Crippen LogP contribution in [0.25, 0.3) is 0 Å². The summed E-state index contributed by atoms with van der Waals surface area (Å²) >= 11 is 0. The SMILES string of the molecule is CCNc1ccnc(C(=O)Nc2nc(C)cc(C)n2)c1. The Morgan fingerprint density at radius 2 is 1.90 bits per heavy atom. The van der Waals surface area contributed by atoms with Gasteiger partial charge < -0.3 is 5.32 Å². The van der Waals surface area contributed by atoms with Crippen LogP contribution in [0, 0.1) is 13.8 Å². The van der Waals surface area contributed by atoms with Gasteiger partial charge in [-0.25, -0.2) is 9.97 Å². The van der Waals surface area contributed by atoms with Gasteiger partial charge in [-0.2, -0.15) is 0 Å². The van der Waals surface area contributed by atoms with Gasteiger partial charge in [0.2, 0.25) is 5.95 Å². The third-order valence-corrected chi connectivity index (χ3v) is 2.58. The standard InChI is InChI=1S/C14H17N5O/c1-4-15-11-5-6-16-12(8-11)13(20)19-14-17-9(2)7-10(3)18-14/h5-8H,4H2,1-3H3,(H,15,16)(H,17,18,19,20). The summed E-state index contributed by atoms with van der Waals surface area (Å²) in [6, 6.07) is 5.36. The zero-order valence-electron chi connectivity index (χ0n) is 11.8. The topological polar surface area (TPSA) is 79.8 Å². The first-order valence-corrected chi connectivity index (χ1v) is 6.42. The summed E-state index contributed by atoms with van der Waals surface area (Å²) in [6.07, 6.45) is 1.59. The van der Waals surface area contributed by atoms with Crippen molar-refractivity contribution in [2.24, 2.45) is 0 Å². The second-order valence-corrected chi connectivity index (χ2v) is 4.39. The lowest BCUT2D eigenvalue weighted by Gasteiger charge is -2.07. The molecule has 2 rings (SSSR count). The first kappa shape index (κ1) is 13.9.